The van der Waals surface area contributed by atoms with Crippen LogP contribution >= 0.6 is 0 Å². The molecular weight excluding hydrogens is 416 g/mol. The van der Waals surface area contributed by atoms with Crippen LogP contribution in [0.15, 0.2) is 48.5 Å². The van der Waals surface area contributed by atoms with Gasteiger partial charge in [0.15, 0.2) is 0 Å². The van der Waals surface area contributed by atoms with Crippen molar-refractivity contribution in [2.45, 2.75) is 26.2 Å². The largest absolute Gasteiger partial charge is 0.491 e. The SMILES string of the molecule is CC(CCOc1ccccc1N(C)C(=O)c1ccccc1N)CCC(=O)N1CCN(C)CC1. The molecule has 0 aliphatic carbocycles. The summed E-state index contributed by atoms with van der Waals surface area (Å²) < 4.78 is 6.05. The summed E-state index contributed by atoms with van der Waals surface area (Å²) in [4.78, 5) is 31.2. The number of ether oxygens (including phenoxy) is 1. The highest BCUT2D eigenvalue weighted by molar-refractivity contribution is 6.09. The molecule has 7 heteroatoms. The molecule has 0 saturated carbocycles. The van der Waals surface area contributed by atoms with Gasteiger partial charge < -0.3 is 25.2 Å². The van der Waals surface area contributed by atoms with E-state index in [-0.39, 0.29) is 11.8 Å². The lowest BCUT2D eigenvalue weighted by Gasteiger charge is -2.32. The second kappa shape index (κ2) is 11.7. The number of para-hydroxylation sites is 3. The summed E-state index contributed by atoms with van der Waals surface area (Å²) in [5, 5.41) is 0. The Labute approximate surface area is 197 Å². The van der Waals surface area contributed by atoms with Crippen molar-refractivity contribution >= 4 is 23.2 Å². The minimum atomic E-state index is -0.181. The highest BCUT2D eigenvalue weighted by Crippen LogP contribution is 2.29. The Kier molecular flexibility index (Phi) is 8.72. The lowest BCUT2D eigenvalue weighted by atomic mass is 10.0. The van der Waals surface area contributed by atoms with Crippen LogP contribution in [0, 0.1) is 5.92 Å². The Balaban J connectivity index is 1.49. The highest BCUT2D eigenvalue weighted by Gasteiger charge is 2.20. The molecule has 1 aliphatic rings. The maximum absolute atomic E-state index is 12.9. The molecule has 2 aromatic rings. The third-order valence-corrected chi connectivity index (χ3v) is 6.30. The van der Waals surface area contributed by atoms with Gasteiger partial charge in [-0.25, -0.2) is 0 Å². The van der Waals surface area contributed by atoms with Crippen LogP contribution in [0.1, 0.15) is 36.5 Å². The van der Waals surface area contributed by atoms with E-state index in [9.17, 15) is 9.59 Å². The van der Waals surface area contributed by atoms with Crippen molar-refractivity contribution in [3.05, 3.63) is 54.1 Å². The molecule has 1 heterocycles. The average Bonchev–Trinajstić information content (AvgIpc) is 2.82. The molecule has 1 saturated heterocycles. The first-order chi connectivity index (χ1) is 15.9. The predicted octanol–water partition coefficient (Wildman–Crippen LogP) is 3.50. The molecule has 1 fully saturated rings. The normalized spacial score (nSPS) is 15.2. The zero-order valence-corrected chi connectivity index (χ0v) is 20.0. The van der Waals surface area contributed by atoms with E-state index in [1.54, 1.807) is 30.1 Å². The zero-order chi connectivity index (χ0) is 23.8. The van der Waals surface area contributed by atoms with E-state index in [4.69, 9.17) is 10.5 Å². The van der Waals surface area contributed by atoms with Crippen molar-refractivity contribution in [1.82, 2.24) is 9.80 Å². The van der Waals surface area contributed by atoms with Gasteiger partial charge in [-0.1, -0.05) is 31.2 Å². The van der Waals surface area contributed by atoms with Crippen molar-refractivity contribution in [2.24, 2.45) is 5.92 Å². The number of nitrogens with two attached hydrogens (primary N) is 1. The number of piperazine rings is 1. The molecule has 0 bridgehead atoms. The van der Waals surface area contributed by atoms with E-state index in [2.05, 4.69) is 18.9 Å². The fourth-order valence-corrected chi connectivity index (χ4v) is 3.94. The summed E-state index contributed by atoms with van der Waals surface area (Å²) in [6, 6.07) is 14.6. The van der Waals surface area contributed by atoms with Gasteiger partial charge in [0.2, 0.25) is 5.91 Å². The molecule has 2 N–H and O–H groups in total. The van der Waals surface area contributed by atoms with Crippen LogP contribution < -0.4 is 15.4 Å². The topological polar surface area (TPSA) is 79.1 Å². The molecule has 7 nitrogen and oxygen atoms in total. The van der Waals surface area contributed by atoms with E-state index in [1.165, 1.54) is 0 Å². The maximum Gasteiger partial charge on any atom is 0.260 e. The van der Waals surface area contributed by atoms with Crippen LogP contribution in [0.3, 0.4) is 0 Å². The number of amides is 2. The smallest absolute Gasteiger partial charge is 0.260 e. The molecular formula is C26H36N4O3. The van der Waals surface area contributed by atoms with E-state index in [0.717, 1.165) is 39.0 Å². The highest BCUT2D eigenvalue weighted by atomic mass is 16.5. The number of nitrogens with zero attached hydrogens (tertiary/aromatic N) is 3. The Morgan fingerprint density at radius 2 is 1.70 bits per heavy atom. The Hall–Kier alpha value is -3.06. The molecule has 0 radical (unpaired) electrons. The summed E-state index contributed by atoms with van der Waals surface area (Å²) in [5.41, 5.74) is 7.60. The number of benzene rings is 2. The molecule has 1 unspecified atom stereocenters. The van der Waals surface area contributed by atoms with Crippen LogP contribution in [-0.4, -0.2) is 68.5 Å². The van der Waals surface area contributed by atoms with Gasteiger partial charge in [0.1, 0.15) is 5.75 Å². The quantitative estimate of drug-likeness (QED) is 0.589. The molecule has 0 aromatic heterocycles. The summed E-state index contributed by atoms with van der Waals surface area (Å²) in [6.07, 6.45) is 2.27. The van der Waals surface area contributed by atoms with Gasteiger partial charge in [-0.2, -0.15) is 0 Å². The van der Waals surface area contributed by atoms with Crippen molar-refractivity contribution < 1.29 is 14.3 Å². The molecule has 2 amide bonds. The number of rotatable bonds is 9. The number of hydrogen-bond acceptors (Lipinski definition) is 5. The Bertz CT molecular complexity index is 941. The molecule has 1 aliphatic heterocycles. The number of carbonyl (C=O) groups is 2. The van der Waals surface area contributed by atoms with Crippen molar-refractivity contribution in [3.8, 4) is 5.75 Å². The van der Waals surface area contributed by atoms with Gasteiger partial charge in [-0.05, 0) is 50.1 Å². The number of likely N-dealkylation sites (N-methyl/N-ethyl adjacent to an activating group) is 1. The lowest BCUT2D eigenvalue weighted by molar-refractivity contribution is -0.133. The summed E-state index contributed by atoms with van der Waals surface area (Å²) in [6.45, 7) is 6.22. The molecule has 178 valence electrons. The molecule has 33 heavy (non-hydrogen) atoms. The number of hydrogen-bond donors (Lipinski definition) is 1. The van der Waals surface area contributed by atoms with Crippen LogP contribution in [0.25, 0.3) is 0 Å². The van der Waals surface area contributed by atoms with Gasteiger partial charge >= 0.3 is 0 Å². The lowest BCUT2D eigenvalue weighted by Crippen LogP contribution is -2.47. The first kappa shape index (κ1) is 24.6. The van der Waals surface area contributed by atoms with Crippen LogP contribution in [-0.2, 0) is 4.79 Å². The first-order valence-corrected chi connectivity index (χ1v) is 11.7. The third-order valence-electron chi connectivity index (χ3n) is 6.30. The van der Waals surface area contributed by atoms with E-state index in [0.29, 0.717) is 41.6 Å². The number of anilines is 2. The minimum Gasteiger partial charge on any atom is -0.491 e. The summed E-state index contributed by atoms with van der Waals surface area (Å²) >= 11 is 0. The fraction of sp³-hybridized carbons (Fsp3) is 0.462. The molecule has 1 atom stereocenters. The Morgan fingerprint density at radius 1 is 1.03 bits per heavy atom. The number of carbonyl (C=O) groups excluding carboxylic acids is 2. The van der Waals surface area contributed by atoms with E-state index >= 15 is 0 Å². The van der Waals surface area contributed by atoms with Gasteiger partial charge in [0.25, 0.3) is 5.91 Å². The number of nitrogen functional groups attached to an aromatic ring is 1. The minimum absolute atomic E-state index is 0.181. The molecule has 3 rings (SSSR count). The molecule has 2 aromatic carbocycles. The predicted molar refractivity (Wildman–Crippen MR) is 133 cm³/mol. The summed E-state index contributed by atoms with van der Waals surface area (Å²) in [7, 11) is 3.82. The van der Waals surface area contributed by atoms with Crippen LogP contribution in [0.4, 0.5) is 11.4 Å². The van der Waals surface area contributed by atoms with E-state index < -0.39 is 0 Å². The monoisotopic (exact) mass is 452 g/mol. The standard InChI is InChI=1S/C26H36N4O3/c1-20(12-13-25(31)30-17-15-28(2)16-18-30)14-19-33-24-11-7-6-10-23(24)29(3)26(32)21-8-4-5-9-22(21)27/h4-11,20H,12-19,27H2,1-3H3. The van der Waals surface area contributed by atoms with Crippen molar-refractivity contribution in [2.75, 3.05) is 57.5 Å². The fourth-order valence-electron chi connectivity index (χ4n) is 3.94. The van der Waals surface area contributed by atoms with Crippen LogP contribution in [0.2, 0.25) is 0 Å². The van der Waals surface area contributed by atoms with Gasteiger partial charge in [0, 0.05) is 45.3 Å². The van der Waals surface area contributed by atoms with Crippen molar-refractivity contribution in [3.63, 3.8) is 0 Å². The first-order valence-electron chi connectivity index (χ1n) is 11.7. The average molecular weight is 453 g/mol. The second-order valence-electron chi connectivity index (χ2n) is 8.88. The molecule has 0 spiro atoms. The van der Waals surface area contributed by atoms with E-state index in [1.807, 2.05) is 35.2 Å². The van der Waals surface area contributed by atoms with Gasteiger partial charge in [0.05, 0.1) is 17.9 Å². The second-order valence-corrected chi connectivity index (χ2v) is 8.88. The zero-order valence-electron chi connectivity index (χ0n) is 20.0. The van der Waals surface area contributed by atoms with Gasteiger partial charge in [-0.15, -0.1) is 0 Å². The third kappa shape index (κ3) is 6.71. The Morgan fingerprint density at radius 3 is 2.42 bits per heavy atom. The van der Waals surface area contributed by atoms with Gasteiger partial charge in [-0.3, -0.25) is 9.59 Å². The maximum atomic E-state index is 12.9. The van der Waals surface area contributed by atoms with Crippen LogP contribution in [0.5, 0.6) is 5.75 Å². The summed E-state index contributed by atoms with van der Waals surface area (Å²) in [5.74, 6) is 1.10. The van der Waals surface area contributed by atoms with Crippen molar-refractivity contribution in [1.29, 1.82) is 0 Å².